The zero-order valence-electron chi connectivity index (χ0n) is 9.56. The number of hydrogen-bond donors (Lipinski definition) is 1. The lowest BCUT2D eigenvalue weighted by Gasteiger charge is -2.11. The Morgan fingerprint density at radius 3 is 2.94 bits per heavy atom. The summed E-state index contributed by atoms with van der Waals surface area (Å²) in [6.45, 7) is 2.53. The van der Waals surface area contributed by atoms with Crippen molar-refractivity contribution in [2.45, 2.75) is 13.0 Å². The molecule has 1 aromatic rings. The van der Waals surface area contributed by atoms with Crippen molar-refractivity contribution in [1.29, 1.82) is 0 Å². The Bertz CT molecular complexity index is 357. The fourth-order valence-electron chi connectivity index (χ4n) is 0.978. The highest BCUT2D eigenvalue weighted by Gasteiger charge is 2.09. The number of ether oxygens (including phenoxy) is 2. The molecular weight excluding hydrogens is 210 g/mol. The first kappa shape index (κ1) is 12.4. The van der Waals surface area contributed by atoms with E-state index in [-0.39, 0.29) is 11.9 Å². The van der Waals surface area contributed by atoms with Gasteiger partial charge in [0.1, 0.15) is 5.82 Å². The highest BCUT2D eigenvalue weighted by Crippen LogP contribution is 2.03. The normalized spacial score (nSPS) is 11.9. The fourth-order valence-corrected chi connectivity index (χ4v) is 0.978. The second-order valence-corrected chi connectivity index (χ2v) is 3.18. The maximum Gasteiger partial charge on any atom is 0.376 e. The first-order valence-electron chi connectivity index (χ1n) is 4.85. The van der Waals surface area contributed by atoms with E-state index in [4.69, 9.17) is 4.74 Å². The molecule has 0 saturated heterocycles. The van der Waals surface area contributed by atoms with Crippen molar-refractivity contribution in [2.24, 2.45) is 0 Å². The Labute approximate surface area is 94.0 Å². The molecule has 0 fully saturated rings. The van der Waals surface area contributed by atoms with Gasteiger partial charge in [-0.05, 0) is 13.0 Å². The summed E-state index contributed by atoms with van der Waals surface area (Å²) in [5, 5.41) is 3.03. The highest BCUT2D eigenvalue weighted by molar-refractivity contribution is 5.85. The smallest absolute Gasteiger partial charge is 0.376 e. The SMILES string of the molecule is COC(=O)c1nccc(NCC(C)OC)n1. The van der Waals surface area contributed by atoms with Crippen LogP contribution in [-0.2, 0) is 9.47 Å². The minimum absolute atomic E-state index is 0.0394. The molecule has 0 aliphatic rings. The van der Waals surface area contributed by atoms with Gasteiger partial charge in [-0.2, -0.15) is 0 Å². The number of carbonyl (C=O) groups is 1. The van der Waals surface area contributed by atoms with Crippen molar-refractivity contribution in [3.05, 3.63) is 18.1 Å². The first-order chi connectivity index (χ1) is 7.67. The van der Waals surface area contributed by atoms with E-state index in [1.165, 1.54) is 13.3 Å². The fraction of sp³-hybridized carbons (Fsp3) is 0.500. The predicted octanol–water partition coefficient (Wildman–Crippen LogP) is 0.710. The number of anilines is 1. The Balaban J connectivity index is 2.64. The zero-order chi connectivity index (χ0) is 12.0. The molecule has 0 aliphatic carbocycles. The van der Waals surface area contributed by atoms with E-state index in [0.29, 0.717) is 12.4 Å². The van der Waals surface area contributed by atoms with Crippen LogP contribution in [0.3, 0.4) is 0 Å². The molecule has 0 aliphatic heterocycles. The van der Waals surface area contributed by atoms with E-state index in [2.05, 4.69) is 20.0 Å². The number of carbonyl (C=O) groups excluding carboxylic acids is 1. The van der Waals surface area contributed by atoms with E-state index in [9.17, 15) is 4.79 Å². The van der Waals surface area contributed by atoms with Crippen molar-refractivity contribution >= 4 is 11.8 Å². The van der Waals surface area contributed by atoms with Crippen LogP contribution in [0.4, 0.5) is 5.82 Å². The maximum absolute atomic E-state index is 11.2. The van der Waals surface area contributed by atoms with Crippen LogP contribution in [0.1, 0.15) is 17.5 Å². The molecule has 88 valence electrons. The molecule has 0 aromatic carbocycles. The van der Waals surface area contributed by atoms with Crippen LogP contribution >= 0.6 is 0 Å². The quantitative estimate of drug-likeness (QED) is 0.744. The van der Waals surface area contributed by atoms with Crippen LogP contribution in [-0.4, -0.2) is 42.8 Å². The van der Waals surface area contributed by atoms with Crippen molar-refractivity contribution in [2.75, 3.05) is 26.1 Å². The summed E-state index contributed by atoms with van der Waals surface area (Å²) >= 11 is 0. The molecule has 1 N–H and O–H groups in total. The first-order valence-corrected chi connectivity index (χ1v) is 4.85. The van der Waals surface area contributed by atoms with Gasteiger partial charge in [0.25, 0.3) is 0 Å². The van der Waals surface area contributed by atoms with Gasteiger partial charge in [0.15, 0.2) is 0 Å². The van der Waals surface area contributed by atoms with Crippen LogP contribution in [0.25, 0.3) is 0 Å². The molecule has 0 saturated carbocycles. The molecule has 0 spiro atoms. The summed E-state index contributed by atoms with van der Waals surface area (Å²) in [5.41, 5.74) is 0. The molecule has 16 heavy (non-hydrogen) atoms. The van der Waals surface area contributed by atoms with Crippen LogP contribution < -0.4 is 5.32 Å². The number of nitrogens with zero attached hydrogens (tertiary/aromatic N) is 2. The second kappa shape index (κ2) is 6.02. The topological polar surface area (TPSA) is 73.3 Å². The van der Waals surface area contributed by atoms with Crippen LogP contribution in [0.15, 0.2) is 12.3 Å². The Morgan fingerprint density at radius 1 is 1.56 bits per heavy atom. The van der Waals surface area contributed by atoms with Gasteiger partial charge in [-0.15, -0.1) is 0 Å². The number of aromatic nitrogens is 2. The minimum Gasteiger partial charge on any atom is -0.463 e. The third-order valence-electron chi connectivity index (χ3n) is 2.00. The number of rotatable bonds is 5. The van der Waals surface area contributed by atoms with Gasteiger partial charge in [-0.3, -0.25) is 0 Å². The molecule has 6 heteroatoms. The summed E-state index contributed by atoms with van der Waals surface area (Å²) in [7, 11) is 2.92. The average Bonchev–Trinajstić information content (AvgIpc) is 2.35. The Kier molecular flexibility index (Phi) is 4.65. The van der Waals surface area contributed by atoms with Crippen molar-refractivity contribution in [3.8, 4) is 0 Å². The summed E-state index contributed by atoms with van der Waals surface area (Å²) < 4.78 is 9.59. The lowest BCUT2D eigenvalue weighted by Crippen LogP contribution is -2.19. The highest BCUT2D eigenvalue weighted by atomic mass is 16.5. The Morgan fingerprint density at radius 2 is 2.31 bits per heavy atom. The minimum atomic E-state index is -0.552. The van der Waals surface area contributed by atoms with Crippen LogP contribution in [0.2, 0.25) is 0 Å². The Hall–Kier alpha value is -1.69. The summed E-state index contributed by atoms with van der Waals surface area (Å²) in [6.07, 6.45) is 1.57. The monoisotopic (exact) mass is 225 g/mol. The van der Waals surface area contributed by atoms with Gasteiger partial charge in [-0.1, -0.05) is 0 Å². The zero-order valence-corrected chi connectivity index (χ0v) is 9.56. The van der Waals surface area contributed by atoms with Crippen molar-refractivity contribution in [1.82, 2.24) is 9.97 Å². The summed E-state index contributed by atoms with van der Waals surface area (Å²) in [4.78, 5) is 19.0. The molecule has 1 aromatic heterocycles. The van der Waals surface area contributed by atoms with Gasteiger partial charge in [0.05, 0.1) is 13.2 Å². The van der Waals surface area contributed by atoms with Crippen LogP contribution in [0.5, 0.6) is 0 Å². The van der Waals surface area contributed by atoms with Crippen LogP contribution in [0, 0.1) is 0 Å². The van der Waals surface area contributed by atoms with Crippen molar-refractivity contribution in [3.63, 3.8) is 0 Å². The summed E-state index contributed by atoms with van der Waals surface area (Å²) in [6, 6.07) is 1.68. The lowest BCUT2D eigenvalue weighted by molar-refractivity contribution is 0.0587. The van der Waals surface area contributed by atoms with E-state index >= 15 is 0 Å². The van der Waals surface area contributed by atoms with Gasteiger partial charge in [-0.25, -0.2) is 14.8 Å². The van der Waals surface area contributed by atoms with Crippen molar-refractivity contribution < 1.29 is 14.3 Å². The molecule has 1 rings (SSSR count). The van der Waals surface area contributed by atoms with E-state index in [1.54, 1.807) is 13.2 Å². The number of hydrogen-bond acceptors (Lipinski definition) is 6. The molecule has 1 unspecified atom stereocenters. The van der Waals surface area contributed by atoms with Gasteiger partial charge < -0.3 is 14.8 Å². The molecule has 1 atom stereocenters. The van der Waals surface area contributed by atoms with E-state index in [1.807, 2.05) is 6.92 Å². The van der Waals surface area contributed by atoms with Gasteiger partial charge in [0.2, 0.25) is 5.82 Å². The molecule has 0 radical (unpaired) electrons. The largest absolute Gasteiger partial charge is 0.463 e. The third-order valence-corrected chi connectivity index (χ3v) is 2.00. The molecule has 6 nitrogen and oxygen atoms in total. The average molecular weight is 225 g/mol. The number of nitrogens with one attached hydrogen (secondary N) is 1. The molecule has 0 amide bonds. The van der Waals surface area contributed by atoms with E-state index in [0.717, 1.165) is 0 Å². The van der Waals surface area contributed by atoms with E-state index < -0.39 is 5.97 Å². The number of esters is 1. The number of methoxy groups -OCH3 is 2. The predicted molar refractivity (Wildman–Crippen MR) is 58.3 cm³/mol. The lowest BCUT2D eigenvalue weighted by atomic mass is 10.4. The second-order valence-electron chi connectivity index (χ2n) is 3.18. The summed E-state index contributed by atoms with van der Waals surface area (Å²) in [5.74, 6) is 0.0558. The molecule has 1 heterocycles. The van der Waals surface area contributed by atoms with Gasteiger partial charge in [0, 0.05) is 19.9 Å². The molecular formula is C10H15N3O3. The third kappa shape index (κ3) is 3.47. The standard InChI is InChI=1S/C10H15N3O3/c1-7(15-2)6-12-8-4-5-11-9(13-8)10(14)16-3/h4-5,7H,6H2,1-3H3,(H,11,12,13). The molecule has 0 bridgehead atoms. The maximum atomic E-state index is 11.2. The van der Waals surface area contributed by atoms with Gasteiger partial charge >= 0.3 is 5.97 Å².